The molecule has 1 aliphatic rings. The standard InChI is InChI=1S/C15H18N2O/c1-3-15(2)14-12(8-9-17(15)10-18)11-6-4-5-7-13(11)16-14/h4-7,10,16H,3,8-9H2,1-2H3. The average Bonchev–Trinajstić information content (AvgIpc) is 2.79. The second-order valence-electron chi connectivity index (χ2n) is 5.20. The second-order valence-corrected chi connectivity index (χ2v) is 5.20. The number of aromatic nitrogens is 1. The maximum atomic E-state index is 11.3. The summed E-state index contributed by atoms with van der Waals surface area (Å²) in [7, 11) is 0. The lowest BCUT2D eigenvalue weighted by molar-refractivity contribution is -0.124. The molecule has 3 nitrogen and oxygen atoms in total. The van der Waals surface area contributed by atoms with Crippen LogP contribution >= 0.6 is 0 Å². The van der Waals surface area contributed by atoms with Gasteiger partial charge in [0, 0.05) is 23.1 Å². The van der Waals surface area contributed by atoms with E-state index in [2.05, 4.69) is 37.0 Å². The summed E-state index contributed by atoms with van der Waals surface area (Å²) in [5.74, 6) is 0. The van der Waals surface area contributed by atoms with Crippen molar-refractivity contribution in [1.29, 1.82) is 0 Å². The van der Waals surface area contributed by atoms with Crippen molar-refractivity contribution in [2.75, 3.05) is 6.54 Å². The molecule has 1 aromatic carbocycles. The lowest BCUT2D eigenvalue weighted by atomic mass is 9.85. The first-order valence-electron chi connectivity index (χ1n) is 6.53. The van der Waals surface area contributed by atoms with Crippen molar-refractivity contribution in [3.05, 3.63) is 35.5 Å². The minimum absolute atomic E-state index is 0.200. The largest absolute Gasteiger partial charge is 0.356 e. The summed E-state index contributed by atoms with van der Waals surface area (Å²) in [6.45, 7) is 5.09. The van der Waals surface area contributed by atoms with Crippen LogP contribution in [0.25, 0.3) is 10.9 Å². The highest BCUT2D eigenvalue weighted by Crippen LogP contribution is 2.39. The van der Waals surface area contributed by atoms with Crippen LogP contribution in [-0.4, -0.2) is 22.8 Å². The molecular formula is C15H18N2O. The minimum atomic E-state index is -0.200. The number of carbonyl (C=O) groups is 1. The maximum Gasteiger partial charge on any atom is 0.210 e. The summed E-state index contributed by atoms with van der Waals surface area (Å²) in [5.41, 5.74) is 3.57. The molecule has 0 bridgehead atoms. The Hall–Kier alpha value is -1.77. The molecule has 3 heteroatoms. The highest BCUT2D eigenvalue weighted by atomic mass is 16.1. The predicted molar refractivity (Wildman–Crippen MR) is 72.4 cm³/mol. The number of rotatable bonds is 2. The van der Waals surface area contributed by atoms with E-state index in [1.54, 1.807) is 0 Å². The Balaban J connectivity index is 2.27. The number of para-hydroxylation sites is 1. The van der Waals surface area contributed by atoms with Gasteiger partial charge in [0.1, 0.15) is 0 Å². The first-order chi connectivity index (χ1) is 8.70. The van der Waals surface area contributed by atoms with Crippen LogP contribution in [0.15, 0.2) is 24.3 Å². The Morgan fingerprint density at radius 1 is 1.44 bits per heavy atom. The lowest BCUT2D eigenvalue weighted by Gasteiger charge is -2.42. The van der Waals surface area contributed by atoms with Crippen LogP contribution in [0.2, 0.25) is 0 Å². The van der Waals surface area contributed by atoms with Gasteiger partial charge >= 0.3 is 0 Å². The molecule has 2 aromatic rings. The molecule has 1 aliphatic heterocycles. The van der Waals surface area contributed by atoms with E-state index in [1.807, 2.05) is 11.0 Å². The van der Waals surface area contributed by atoms with Gasteiger partial charge in [-0.15, -0.1) is 0 Å². The number of carbonyl (C=O) groups excluding carboxylic acids is 1. The fraction of sp³-hybridized carbons (Fsp3) is 0.400. The lowest BCUT2D eigenvalue weighted by Crippen LogP contribution is -2.47. The molecule has 18 heavy (non-hydrogen) atoms. The van der Waals surface area contributed by atoms with Crippen molar-refractivity contribution in [2.45, 2.75) is 32.2 Å². The van der Waals surface area contributed by atoms with Crippen molar-refractivity contribution in [2.24, 2.45) is 0 Å². The van der Waals surface area contributed by atoms with Gasteiger partial charge in [-0.3, -0.25) is 4.79 Å². The summed E-state index contributed by atoms with van der Waals surface area (Å²) < 4.78 is 0. The van der Waals surface area contributed by atoms with E-state index in [0.717, 1.165) is 25.8 Å². The number of aromatic amines is 1. The quantitative estimate of drug-likeness (QED) is 0.808. The summed E-state index contributed by atoms with van der Waals surface area (Å²) in [5, 5.41) is 1.30. The summed E-state index contributed by atoms with van der Waals surface area (Å²) in [6.07, 6.45) is 2.84. The number of nitrogens with zero attached hydrogens (tertiary/aromatic N) is 1. The van der Waals surface area contributed by atoms with Crippen LogP contribution in [0.4, 0.5) is 0 Å². The van der Waals surface area contributed by atoms with Crippen molar-refractivity contribution >= 4 is 17.3 Å². The zero-order valence-corrected chi connectivity index (χ0v) is 10.9. The SMILES string of the molecule is CCC1(C)c2[nH]c3ccccc3c2CCN1C=O. The Bertz CT molecular complexity index is 602. The zero-order chi connectivity index (χ0) is 12.8. The fourth-order valence-electron chi connectivity index (χ4n) is 3.09. The predicted octanol–water partition coefficient (Wildman–Crippen LogP) is 2.81. The third kappa shape index (κ3) is 1.33. The minimum Gasteiger partial charge on any atom is -0.356 e. The van der Waals surface area contributed by atoms with E-state index < -0.39 is 0 Å². The van der Waals surface area contributed by atoms with Crippen LogP contribution in [-0.2, 0) is 16.8 Å². The molecule has 1 atom stereocenters. The molecule has 0 aliphatic carbocycles. The van der Waals surface area contributed by atoms with Gasteiger partial charge in [0.15, 0.2) is 0 Å². The normalized spacial score (nSPS) is 23.1. The van der Waals surface area contributed by atoms with Gasteiger partial charge < -0.3 is 9.88 Å². The van der Waals surface area contributed by atoms with Gasteiger partial charge in [-0.05, 0) is 31.4 Å². The number of hydrogen-bond acceptors (Lipinski definition) is 1. The molecule has 2 heterocycles. The first-order valence-corrected chi connectivity index (χ1v) is 6.53. The molecule has 0 spiro atoms. The summed E-state index contributed by atoms with van der Waals surface area (Å²) >= 11 is 0. The highest BCUT2D eigenvalue weighted by Gasteiger charge is 2.38. The summed E-state index contributed by atoms with van der Waals surface area (Å²) in [4.78, 5) is 16.7. The molecular weight excluding hydrogens is 224 g/mol. The van der Waals surface area contributed by atoms with Crippen LogP contribution < -0.4 is 0 Å². The molecule has 0 saturated heterocycles. The van der Waals surface area contributed by atoms with E-state index in [-0.39, 0.29) is 5.54 Å². The molecule has 1 amide bonds. The van der Waals surface area contributed by atoms with Gasteiger partial charge in [-0.2, -0.15) is 0 Å². The Kier molecular flexibility index (Phi) is 2.44. The van der Waals surface area contributed by atoms with Crippen LogP contribution in [0, 0.1) is 0 Å². The maximum absolute atomic E-state index is 11.3. The molecule has 1 aromatic heterocycles. The molecule has 1 N–H and O–H groups in total. The van der Waals surface area contributed by atoms with Crippen molar-refractivity contribution in [3.8, 4) is 0 Å². The molecule has 1 unspecified atom stereocenters. The highest BCUT2D eigenvalue weighted by molar-refractivity contribution is 5.85. The zero-order valence-electron chi connectivity index (χ0n) is 10.9. The van der Waals surface area contributed by atoms with Gasteiger partial charge in [0.05, 0.1) is 5.54 Å². The van der Waals surface area contributed by atoms with Gasteiger partial charge in [-0.1, -0.05) is 25.1 Å². The monoisotopic (exact) mass is 242 g/mol. The molecule has 94 valence electrons. The Morgan fingerprint density at radius 3 is 2.94 bits per heavy atom. The van der Waals surface area contributed by atoms with Gasteiger partial charge in [0.25, 0.3) is 0 Å². The van der Waals surface area contributed by atoms with Gasteiger partial charge in [0.2, 0.25) is 6.41 Å². The number of amides is 1. The second kappa shape index (κ2) is 3.87. The smallest absolute Gasteiger partial charge is 0.210 e. The Morgan fingerprint density at radius 2 is 2.22 bits per heavy atom. The van der Waals surface area contributed by atoms with Crippen LogP contribution in [0.1, 0.15) is 31.5 Å². The number of fused-ring (bicyclic) bond motifs is 3. The Labute approximate surface area is 107 Å². The van der Waals surface area contributed by atoms with Crippen molar-refractivity contribution in [3.63, 3.8) is 0 Å². The van der Waals surface area contributed by atoms with Crippen LogP contribution in [0.5, 0.6) is 0 Å². The average molecular weight is 242 g/mol. The topological polar surface area (TPSA) is 36.1 Å². The molecule has 0 fully saturated rings. The molecule has 3 rings (SSSR count). The fourth-order valence-corrected chi connectivity index (χ4v) is 3.09. The number of hydrogen-bond donors (Lipinski definition) is 1. The molecule has 0 saturated carbocycles. The van der Waals surface area contributed by atoms with Gasteiger partial charge in [-0.25, -0.2) is 0 Å². The third-order valence-electron chi connectivity index (χ3n) is 4.40. The van der Waals surface area contributed by atoms with Crippen molar-refractivity contribution < 1.29 is 4.79 Å². The molecule has 0 radical (unpaired) electrons. The van der Waals surface area contributed by atoms with E-state index >= 15 is 0 Å². The number of benzene rings is 1. The number of H-pyrrole nitrogens is 1. The van der Waals surface area contributed by atoms with E-state index in [0.29, 0.717) is 0 Å². The van der Waals surface area contributed by atoms with Crippen molar-refractivity contribution in [1.82, 2.24) is 9.88 Å². The van der Waals surface area contributed by atoms with Crippen LogP contribution in [0.3, 0.4) is 0 Å². The third-order valence-corrected chi connectivity index (χ3v) is 4.40. The van der Waals surface area contributed by atoms with E-state index in [4.69, 9.17) is 0 Å². The van der Waals surface area contributed by atoms with E-state index in [9.17, 15) is 4.79 Å². The number of nitrogens with one attached hydrogen (secondary N) is 1. The first kappa shape index (κ1) is 11.3. The summed E-state index contributed by atoms with van der Waals surface area (Å²) in [6, 6.07) is 8.39. The van der Waals surface area contributed by atoms with E-state index in [1.165, 1.54) is 22.2 Å².